The number of amides is 1. The number of hydrogen-bond donors (Lipinski definition) is 0. The van der Waals surface area contributed by atoms with Gasteiger partial charge in [-0.2, -0.15) is 0 Å². The van der Waals surface area contributed by atoms with Crippen LogP contribution in [0.1, 0.15) is 17.8 Å². The van der Waals surface area contributed by atoms with Crippen LogP contribution in [-0.4, -0.2) is 56.3 Å². The molecule has 1 fully saturated rings. The number of carbonyl (C=O) groups is 1. The van der Waals surface area contributed by atoms with E-state index in [1.54, 1.807) is 4.57 Å². The number of ether oxygens (including phenoxy) is 1. The molecule has 32 heavy (non-hydrogen) atoms. The first-order chi connectivity index (χ1) is 15.7. The maximum atomic E-state index is 13.3. The third-order valence-electron chi connectivity index (χ3n) is 5.97. The van der Waals surface area contributed by atoms with E-state index < -0.39 is 0 Å². The zero-order chi connectivity index (χ0) is 21.9. The molecule has 5 rings (SSSR count). The van der Waals surface area contributed by atoms with Gasteiger partial charge < -0.3 is 9.64 Å². The lowest BCUT2D eigenvalue weighted by molar-refractivity contribution is -0.135. The van der Waals surface area contributed by atoms with Gasteiger partial charge in [-0.1, -0.05) is 42.5 Å². The van der Waals surface area contributed by atoms with E-state index in [9.17, 15) is 9.59 Å². The van der Waals surface area contributed by atoms with Gasteiger partial charge in [0, 0.05) is 32.5 Å². The minimum atomic E-state index is -0.0765. The molecule has 0 bridgehead atoms. The molecule has 0 spiro atoms. The summed E-state index contributed by atoms with van der Waals surface area (Å²) in [4.78, 5) is 27.7. The fourth-order valence-corrected chi connectivity index (χ4v) is 4.25. The normalized spacial score (nSPS) is 14.3. The molecular formula is C24H25N5O3. The molecule has 0 aliphatic carbocycles. The highest BCUT2D eigenvalue weighted by atomic mass is 16.5. The number of aryl methyl sites for hydroxylation is 3. The summed E-state index contributed by atoms with van der Waals surface area (Å²) in [7, 11) is 0. The summed E-state index contributed by atoms with van der Waals surface area (Å²) in [5.74, 6) is 1.29. The number of para-hydroxylation sites is 1. The monoisotopic (exact) mass is 431 g/mol. The molecule has 1 amide bonds. The molecule has 0 N–H and O–H groups in total. The maximum absolute atomic E-state index is 13.3. The van der Waals surface area contributed by atoms with Gasteiger partial charge in [0.05, 0.1) is 24.1 Å². The molecule has 1 aliphatic heterocycles. The molecule has 1 saturated heterocycles. The smallest absolute Gasteiger partial charge is 0.262 e. The molecular weight excluding hydrogens is 406 g/mol. The van der Waals surface area contributed by atoms with Gasteiger partial charge in [0.15, 0.2) is 0 Å². The van der Waals surface area contributed by atoms with Gasteiger partial charge in [0.25, 0.3) is 5.56 Å². The summed E-state index contributed by atoms with van der Waals surface area (Å²) in [6, 6.07) is 17.6. The fraction of sp³-hybridized carbons (Fsp3) is 0.333. The number of benzene rings is 2. The Morgan fingerprint density at radius 3 is 2.50 bits per heavy atom. The van der Waals surface area contributed by atoms with Crippen molar-refractivity contribution in [3.05, 3.63) is 76.3 Å². The van der Waals surface area contributed by atoms with Crippen molar-refractivity contribution >= 4 is 22.6 Å². The number of nitrogens with zero attached hydrogens (tertiary/aromatic N) is 5. The van der Waals surface area contributed by atoms with Gasteiger partial charge in [-0.05, 0) is 24.1 Å². The highest BCUT2D eigenvalue weighted by molar-refractivity contribution is 5.80. The molecule has 0 unspecified atom stereocenters. The number of carbonyl (C=O) groups excluding carboxylic acids is 1. The Morgan fingerprint density at radius 2 is 1.69 bits per heavy atom. The average Bonchev–Trinajstić information content (AvgIpc) is 3.27. The average molecular weight is 431 g/mol. The fourth-order valence-electron chi connectivity index (χ4n) is 4.25. The predicted molar refractivity (Wildman–Crippen MR) is 121 cm³/mol. The molecule has 0 saturated carbocycles. The molecule has 4 aromatic rings. The van der Waals surface area contributed by atoms with Crippen LogP contribution in [0, 0.1) is 0 Å². The number of morpholine rings is 1. The molecule has 1 aliphatic rings. The van der Waals surface area contributed by atoms with Crippen LogP contribution in [-0.2, 0) is 28.9 Å². The first-order valence-electron chi connectivity index (χ1n) is 11.0. The molecule has 164 valence electrons. The largest absolute Gasteiger partial charge is 0.378 e. The Hall–Kier alpha value is -3.52. The van der Waals surface area contributed by atoms with Gasteiger partial charge in [-0.15, -0.1) is 10.2 Å². The van der Waals surface area contributed by atoms with Crippen molar-refractivity contribution in [2.75, 3.05) is 26.3 Å². The minimum absolute atomic E-state index is 0.0765. The molecule has 2 aromatic heterocycles. The molecule has 3 heterocycles. The van der Waals surface area contributed by atoms with E-state index in [0.29, 0.717) is 69.1 Å². The van der Waals surface area contributed by atoms with Crippen LogP contribution in [0.25, 0.3) is 16.7 Å². The number of aromatic nitrogens is 4. The molecule has 0 atom stereocenters. The number of rotatable bonds is 6. The van der Waals surface area contributed by atoms with Crippen molar-refractivity contribution in [2.45, 2.75) is 25.8 Å². The molecule has 2 aromatic carbocycles. The first kappa shape index (κ1) is 20.4. The van der Waals surface area contributed by atoms with Gasteiger partial charge in [0.1, 0.15) is 5.82 Å². The van der Waals surface area contributed by atoms with E-state index in [2.05, 4.69) is 22.3 Å². The van der Waals surface area contributed by atoms with E-state index >= 15 is 0 Å². The van der Waals surface area contributed by atoms with Crippen LogP contribution >= 0.6 is 0 Å². The van der Waals surface area contributed by atoms with Gasteiger partial charge in [-0.25, -0.2) is 0 Å². The second kappa shape index (κ2) is 8.92. The topological polar surface area (TPSA) is 81.7 Å². The van der Waals surface area contributed by atoms with Crippen molar-refractivity contribution < 1.29 is 9.53 Å². The summed E-state index contributed by atoms with van der Waals surface area (Å²) < 4.78 is 8.95. The summed E-state index contributed by atoms with van der Waals surface area (Å²) in [5.41, 5.74) is 1.84. The highest BCUT2D eigenvalue weighted by Gasteiger charge is 2.20. The predicted octanol–water partition coefficient (Wildman–Crippen LogP) is 2.08. The Morgan fingerprint density at radius 1 is 0.938 bits per heavy atom. The van der Waals surface area contributed by atoms with Gasteiger partial charge in [0.2, 0.25) is 11.7 Å². The first-order valence-corrected chi connectivity index (χ1v) is 11.0. The van der Waals surface area contributed by atoms with Crippen molar-refractivity contribution in [1.29, 1.82) is 0 Å². The van der Waals surface area contributed by atoms with Crippen molar-refractivity contribution in [1.82, 2.24) is 24.1 Å². The summed E-state index contributed by atoms with van der Waals surface area (Å²) >= 11 is 0. The summed E-state index contributed by atoms with van der Waals surface area (Å²) in [5, 5.41) is 9.36. The molecule has 0 radical (unpaired) electrons. The molecule has 8 nitrogen and oxygen atoms in total. The SMILES string of the molecule is O=C(CCc1nnc2n(CCc3ccccc3)c(=O)c3ccccc3n12)N1CCOCC1. The van der Waals surface area contributed by atoms with E-state index in [0.717, 1.165) is 11.1 Å². The minimum Gasteiger partial charge on any atom is -0.378 e. The van der Waals surface area contributed by atoms with Crippen molar-refractivity contribution in [2.24, 2.45) is 0 Å². The van der Waals surface area contributed by atoms with Crippen LogP contribution in [0.15, 0.2) is 59.4 Å². The number of fused-ring (bicyclic) bond motifs is 3. The Kier molecular flexibility index (Phi) is 5.68. The zero-order valence-electron chi connectivity index (χ0n) is 17.8. The van der Waals surface area contributed by atoms with E-state index in [4.69, 9.17) is 4.74 Å². The second-order valence-corrected chi connectivity index (χ2v) is 7.95. The van der Waals surface area contributed by atoms with Crippen LogP contribution in [0.4, 0.5) is 0 Å². The third kappa shape index (κ3) is 3.89. The lowest BCUT2D eigenvalue weighted by Gasteiger charge is -2.26. The van der Waals surface area contributed by atoms with Gasteiger partial charge >= 0.3 is 0 Å². The Balaban J connectivity index is 1.49. The Bertz CT molecular complexity index is 1310. The van der Waals surface area contributed by atoms with Crippen LogP contribution in [0.5, 0.6) is 0 Å². The standard InChI is InChI=1S/C24H25N5O3/c30-22(27-14-16-32-17-15-27)11-10-21-25-26-24-28(13-12-18-6-2-1-3-7-18)23(31)19-8-4-5-9-20(19)29(21)24/h1-9H,10-17H2. The van der Waals surface area contributed by atoms with Crippen molar-refractivity contribution in [3.63, 3.8) is 0 Å². The van der Waals surface area contributed by atoms with E-state index in [-0.39, 0.29) is 11.5 Å². The lowest BCUT2D eigenvalue weighted by atomic mass is 10.1. The third-order valence-corrected chi connectivity index (χ3v) is 5.97. The maximum Gasteiger partial charge on any atom is 0.262 e. The summed E-state index contributed by atoms with van der Waals surface area (Å²) in [6.07, 6.45) is 1.52. The molecule has 8 heteroatoms. The Labute approximate surface area is 185 Å². The lowest BCUT2D eigenvalue weighted by Crippen LogP contribution is -2.40. The van der Waals surface area contributed by atoms with Crippen molar-refractivity contribution in [3.8, 4) is 0 Å². The van der Waals surface area contributed by atoms with E-state index in [1.165, 1.54) is 0 Å². The van der Waals surface area contributed by atoms with Gasteiger partial charge in [-0.3, -0.25) is 18.6 Å². The number of hydrogen-bond acceptors (Lipinski definition) is 5. The van der Waals surface area contributed by atoms with Crippen LogP contribution in [0.3, 0.4) is 0 Å². The second-order valence-electron chi connectivity index (χ2n) is 7.95. The quantitative estimate of drug-likeness (QED) is 0.467. The van der Waals surface area contributed by atoms with Crippen LogP contribution < -0.4 is 5.56 Å². The summed E-state index contributed by atoms with van der Waals surface area (Å²) in [6.45, 7) is 2.92. The van der Waals surface area contributed by atoms with E-state index in [1.807, 2.05) is 51.8 Å². The highest BCUT2D eigenvalue weighted by Crippen LogP contribution is 2.16. The zero-order valence-corrected chi connectivity index (χ0v) is 17.8. The van der Waals surface area contributed by atoms with Crippen LogP contribution in [0.2, 0.25) is 0 Å².